The minimum absolute atomic E-state index is 0.0540. The summed E-state index contributed by atoms with van der Waals surface area (Å²) in [7, 11) is 0. The third-order valence-corrected chi connectivity index (χ3v) is 2.15. The standard InChI is InChI=1S/C8H4ClNO2S/c9-5-1-2-6(13)7(8(11)12)4(5)3-10/h1-2,13H,(H,11,12). The third kappa shape index (κ3) is 1.77. The first-order valence-electron chi connectivity index (χ1n) is 3.22. The number of rotatable bonds is 1. The summed E-state index contributed by atoms with van der Waals surface area (Å²) in [5.74, 6) is -1.20. The van der Waals surface area contributed by atoms with E-state index in [0.29, 0.717) is 0 Å². The molecule has 0 unspecified atom stereocenters. The van der Waals surface area contributed by atoms with Gasteiger partial charge in [-0.2, -0.15) is 5.26 Å². The maximum atomic E-state index is 10.7. The lowest BCUT2D eigenvalue weighted by atomic mass is 10.1. The number of nitriles is 1. The fourth-order valence-corrected chi connectivity index (χ4v) is 1.37. The second-order valence-electron chi connectivity index (χ2n) is 2.23. The molecule has 0 radical (unpaired) electrons. The van der Waals surface area contributed by atoms with E-state index in [0.717, 1.165) is 0 Å². The Hall–Kier alpha value is -1.18. The first-order chi connectivity index (χ1) is 6.07. The topological polar surface area (TPSA) is 61.1 Å². The summed E-state index contributed by atoms with van der Waals surface area (Å²) < 4.78 is 0. The second kappa shape index (κ2) is 3.69. The molecule has 0 amide bonds. The number of aromatic carboxylic acids is 1. The van der Waals surface area contributed by atoms with E-state index in [1.54, 1.807) is 6.07 Å². The van der Waals surface area contributed by atoms with E-state index in [4.69, 9.17) is 22.0 Å². The lowest BCUT2D eigenvalue weighted by molar-refractivity contribution is 0.0693. The zero-order chi connectivity index (χ0) is 10.0. The van der Waals surface area contributed by atoms with Crippen LogP contribution in [0.5, 0.6) is 0 Å². The third-order valence-electron chi connectivity index (χ3n) is 1.46. The molecule has 0 spiro atoms. The Kier molecular flexibility index (Phi) is 2.81. The number of thiol groups is 1. The minimum atomic E-state index is -1.20. The quantitative estimate of drug-likeness (QED) is 0.703. The summed E-state index contributed by atoms with van der Waals surface area (Å²) >= 11 is 9.54. The highest BCUT2D eigenvalue weighted by atomic mass is 35.5. The molecule has 0 heterocycles. The smallest absolute Gasteiger partial charge is 0.338 e. The van der Waals surface area contributed by atoms with Gasteiger partial charge in [-0.1, -0.05) is 11.6 Å². The summed E-state index contributed by atoms with van der Waals surface area (Å²) in [6.45, 7) is 0. The maximum absolute atomic E-state index is 10.7. The van der Waals surface area contributed by atoms with Gasteiger partial charge in [0.05, 0.1) is 16.1 Å². The molecular formula is C8H4ClNO2S. The Morgan fingerprint density at radius 1 is 1.62 bits per heavy atom. The summed E-state index contributed by atoms with van der Waals surface area (Å²) in [6, 6.07) is 4.60. The number of halogens is 1. The molecule has 1 rings (SSSR count). The Bertz CT molecular complexity index is 411. The summed E-state index contributed by atoms with van der Waals surface area (Å²) in [5, 5.41) is 17.5. The highest BCUT2D eigenvalue weighted by Crippen LogP contribution is 2.24. The van der Waals surface area contributed by atoms with Gasteiger partial charge < -0.3 is 5.11 Å². The van der Waals surface area contributed by atoms with Gasteiger partial charge in [-0.3, -0.25) is 0 Å². The van der Waals surface area contributed by atoms with Crippen LogP contribution >= 0.6 is 24.2 Å². The van der Waals surface area contributed by atoms with Gasteiger partial charge in [-0.25, -0.2) is 4.79 Å². The molecule has 0 saturated carbocycles. The number of hydrogen-bond donors (Lipinski definition) is 2. The maximum Gasteiger partial charge on any atom is 0.338 e. The molecule has 0 bridgehead atoms. The van der Waals surface area contributed by atoms with Crippen molar-refractivity contribution in [2.24, 2.45) is 0 Å². The van der Waals surface area contributed by atoms with Crippen LogP contribution in [-0.2, 0) is 0 Å². The molecule has 3 nitrogen and oxygen atoms in total. The van der Waals surface area contributed by atoms with Crippen LogP contribution < -0.4 is 0 Å². The summed E-state index contributed by atoms with van der Waals surface area (Å²) in [5.41, 5.74) is -0.208. The second-order valence-corrected chi connectivity index (χ2v) is 3.12. The zero-order valence-electron chi connectivity index (χ0n) is 6.28. The highest BCUT2D eigenvalue weighted by Gasteiger charge is 2.16. The fourth-order valence-electron chi connectivity index (χ4n) is 0.892. The monoisotopic (exact) mass is 213 g/mol. The summed E-state index contributed by atoms with van der Waals surface area (Å²) in [4.78, 5) is 10.9. The van der Waals surface area contributed by atoms with E-state index < -0.39 is 5.97 Å². The van der Waals surface area contributed by atoms with Crippen LogP contribution in [0.25, 0.3) is 0 Å². The molecule has 0 aromatic heterocycles. The molecule has 0 aliphatic heterocycles. The average molecular weight is 214 g/mol. The molecule has 66 valence electrons. The van der Waals surface area contributed by atoms with Crippen LogP contribution in [0.3, 0.4) is 0 Å². The highest BCUT2D eigenvalue weighted by molar-refractivity contribution is 7.80. The average Bonchev–Trinajstić information content (AvgIpc) is 2.07. The molecular weight excluding hydrogens is 210 g/mol. The van der Waals surface area contributed by atoms with Crippen LogP contribution in [0.15, 0.2) is 17.0 Å². The van der Waals surface area contributed by atoms with E-state index in [9.17, 15) is 4.79 Å². The SMILES string of the molecule is N#Cc1c(Cl)ccc(S)c1C(=O)O. The van der Waals surface area contributed by atoms with Crippen LogP contribution in [-0.4, -0.2) is 11.1 Å². The van der Waals surface area contributed by atoms with Crippen molar-refractivity contribution in [2.75, 3.05) is 0 Å². The van der Waals surface area contributed by atoms with Crippen molar-refractivity contribution in [3.63, 3.8) is 0 Å². The fraction of sp³-hybridized carbons (Fsp3) is 0. The van der Waals surface area contributed by atoms with Crippen LogP contribution in [0.4, 0.5) is 0 Å². The van der Waals surface area contributed by atoms with Crippen molar-refractivity contribution in [1.29, 1.82) is 5.26 Å². The number of hydrogen-bond acceptors (Lipinski definition) is 3. The largest absolute Gasteiger partial charge is 0.478 e. The molecule has 0 fully saturated rings. The van der Waals surface area contributed by atoms with Gasteiger partial charge in [0.1, 0.15) is 6.07 Å². The zero-order valence-corrected chi connectivity index (χ0v) is 7.93. The number of benzene rings is 1. The number of nitrogens with zero attached hydrogens (tertiary/aromatic N) is 1. The normalized spacial score (nSPS) is 9.31. The lowest BCUT2D eigenvalue weighted by Crippen LogP contribution is -2.02. The lowest BCUT2D eigenvalue weighted by Gasteiger charge is -2.02. The van der Waals surface area contributed by atoms with Crippen LogP contribution in [0.1, 0.15) is 15.9 Å². The number of carboxylic acids is 1. The van der Waals surface area contributed by atoms with Gasteiger partial charge in [-0.15, -0.1) is 12.6 Å². The van der Waals surface area contributed by atoms with E-state index in [-0.39, 0.29) is 21.0 Å². The van der Waals surface area contributed by atoms with Gasteiger partial charge in [-0.05, 0) is 12.1 Å². The van der Waals surface area contributed by atoms with Crippen molar-refractivity contribution < 1.29 is 9.90 Å². The van der Waals surface area contributed by atoms with Crippen LogP contribution in [0, 0.1) is 11.3 Å². The van der Waals surface area contributed by atoms with Crippen molar-refractivity contribution in [3.8, 4) is 6.07 Å². The Morgan fingerprint density at radius 3 is 2.62 bits per heavy atom. The molecule has 0 aliphatic carbocycles. The van der Waals surface area contributed by atoms with E-state index in [1.165, 1.54) is 12.1 Å². The Morgan fingerprint density at radius 2 is 2.23 bits per heavy atom. The summed E-state index contributed by atoms with van der Waals surface area (Å²) in [6.07, 6.45) is 0. The van der Waals surface area contributed by atoms with Gasteiger partial charge in [0.15, 0.2) is 0 Å². The number of carboxylic acid groups (broad SMARTS) is 1. The van der Waals surface area contributed by atoms with Gasteiger partial charge in [0, 0.05) is 4.90 Å². The van der Waals surface area contributed by atoms with Gasteiger partial charge in [0.2, 0.25) is 0 Å². The van der Waals surface area contributed by atoms with Crippen molar-refractivity contribution in [2.45, 2.75) is 4.90 Å². The van der Waals surface area contributed by atoms with E-state index in [1.807, 2.05) is 0 Å². The van der Waals surface area contributed by atoms with Crippen molar-refractivity contribution in [3.05, 3.63) is 28.3 Å². The molecule has 13 heavy (non-hydrogen) atoms. The molecule has 0 aliphatic rings. The molecule has 1 aromatic rings. The van der Waals surface area contributed by atoms with E-state index >= 15 is 0 Å². The molecule has 0 atom stereocenters. The molecule has 1 aromatic carbocycles. The predicted molar refractivity (Wildman–Crippen MR) is 50.4 cm³/mol. The van der Waals surface area contributed by atoms with Gasteiger partial charge in [0.25, 0.3) is 0 Å². The molecule has 0 saturated heterocycles. The molecule has 1 N–H and O–H groups in total. The van der Waals surface area contributed by atoms with Gasteiger partial charge >= 0.3 is 5.97 Å². The van der Waals surface area contributed by atoms with Crippen LogP contribution in [0.2, 0.25) is 5.02 Å². The number of carbonyl (C=O) groups is 1. The Labute approximate surface area is 85.0 Å². The molecule has 5 heteroatoms. The minimum Gasteiger partial charge on any atom is -0.478 e. The first kappa shape index (κ1) is 9.90. The van der Waals surface area contributed by atoms with Crippen molar-refractivity contribution >= 4 is 30.2 Å². The predicted octanol–water partition coefficient (Wildman–Crippen LogP) is 2.20. The van der Waals surface area contributed by atoms with E-state index in [2.05, 4.69) is 12.6 Å². The van der Waals surface area contributed by atoms with Crippen molar-refractivity contribution in [1.82, 2.24) is 0 Å². The Balaban J connectivity index is 3.55. The first-order valence-corrected chi connectivity index (χ1v) is 4.05.